The van der Waals surface area contributed by atoms with Crippen molar-refractivity contribution in [3.8, 4) is 0 Å². The van der Waals surface area contributed by atoms with E-state index >= 15 is 0 Å². The van der Waals surface area contributed by atoms with E-state index in [1.807, 2.05) is 7.05 Å². The van der Waals surface area contributed by atoms with Crippen molar-refractivity contribution >= 4 is 5.52 Å². The van der Waals surface area contributed by atoms with Gasteiger partial charge in [-0.25, -0.2) is 4.98 Å². The fraction of sp³-hybridized carbons (Fsp3) is 0.417. The molecule has 80 valence electrons. The van der Waals surface area contributed by atoms with Crippen molar-refractivity contribution in [2.75, 3.05) is 13.6 Å². The van der Waals surface area contributed by atoms with E-state index in [0.717, 1.165) is 18.8 Å². The summed E-state index contributed by atoms with van der Waals surface area (Å²) in [6.07, 6.45) is 0.983. The Hall–Kier alpha value is -1.35. The number of rotatable bonds is 3. The Balaban J connectivity index is 2.53. The van der Waals surface area contributed by atoms with E-state index in [0.29, 0.717) is 0 Å². The number of aryl methyl sites for hydroxylation is 2. The third kappa shape index (κ3) is 1.75. The highest BCUT2D eigenvalue weighted by Gasteiger charge is 2.08. The summed E-state index contributed by atoms with van der Waals surface area (Å²) in [5.74, 6) is 1.08. The van der Waals surface area contributed by atoms with E-state index in [1.165, 1.54) is 16.9 Å². The maximum atomic E-state index is 4.61. The minimum Gasteiger partial charge on any atom is -0.319 e. The fourth-order valence-electron chi connectivity index (χ4n) is 2.00. The van der Waals surface area contributed by atoms with Gasteiger partial charge >= 0.3 is 0 Å². The molecule has 2 heterocycles. The molecule has 0 aliphatic rings. The third-order valence-corrected chi connectivity index (χ3v) is 2.71. The predicted octanol–water partition coefficient (Wildman–Crippen LogP) is 1.71. The molecule has 0 aliphatic carbocycles. The van der Waals surface area contributed by atoms with Crippen LogP contribution in [0.4, 0.5) is 0 Å². The molecule has 2 aromatic heterocycles. The molecule has 0 saturated carbocycles. The van der Waals surface area contributed by atoms with Gasteiger partial charge in [-0.05, 0) is 33.0 Å². The molecule has 0 radical (unpaired) electrons. The molecule has 1 N–H and O–H groups in total. The van der Waals surface area contributed by atoms with Crippen molar-refractivity contribution in [3.05, 3.63) is 35.4 Å². The van der Waals surface area contributed by atoms with E-state index in [9.17, 15) is 0 Å². The maximum Gasteiger partial charge on any atom is 0.110 e. The average Bonchev–Trinajstić information content (AvgIpc) is 2.54. The number of imidazole rings is 1. The van der Waals surface area contributed by atoms with E-state index < -0.39 is 0 Å². The second-order valence-electron chi connectivity index (χ2n) is 3.85. The predicted molar refractivity (Wildman–Crippen MR) is 62.3 cm³/mol. The summed E-state index contributed by atoms with van der Waals surface area (Å²) in [7, 11) is 1.97. The zero-order valence-electron chi connectivity index (χ0n) is 9.54. The number of fused-ring (bicyclic) bond motifs is 1. The molecule has 0 fully saturated rings. The fourth-order valence-corrected chi connectivity index (χ4v) is 2.00. The van der Waals surface area contributed by atoms with Crippen molar-refractivity contribution in [2.24, 2.45) is 0 Å². The lowest BCUT2D eigenvalue weighted by atomic mass is 10.2. The molecular formula is C12H17N3. The molecule has 2 aromatic rings. The Morgan fingerprint density at radius 1 is 1.33 bits per heavy atom. The average molecular weight is 203 g/mol. The van der Waals surface area contributed by atoms with Gasteiger partial charge in [0, 0.05) is 18.7 Å². The largest absolute Gasteiger partial charge is 0.319 e. The lowest BCUT2D eigenvalue weighted by Crippen LogP contribution is -2.10. The van der Waals surface area contributed by atoms with Gasteiger partial charge in [0.05, 0.1) is 11.2 Å². The first-order chi connectivity index (χ1) is 7.24. The van der Waals surface area contributed by atoms with Crippen LogP contribution in [-0.4, -0.2) is 23.0 Å². The molecular weight excluding hydrogens is 186 g/mol. The van der Waals surface area contributed by atoms with Gasteiger partial charge in [0.2, 0.25) is 0 Å². The zero-order chi connectivity index (χ0) is 10.8. The van der Waals surface area contributed by atoms with Crippen LogP contribution in [0.5, 0.6) is 0 Å². The lowest BCUT2D eigenvalue weighted by Gasteiger charge is -2.01. The third-order valence-electron chi connectivity index (χ3n) is 2.71. The Morgan fingerprint density at radius 2 is 2.13 bits per heavy atom. The lowest BCUT2D eigenvalue weighted by molar-refractivity contribution is 0.782. The molecule has 0 bridgehead atoms. The van der Waals surface area contributed by atoms with Crippen LogP contribution < -0.4 is 5.32 Å². The summed E-state index contributed by atoms with van der Waals surface area (Å²) < 4.78 is 2.21. The van der Waals surface area contributed by atoms with Gasteiger partial charge in [-0.3, -0.25) is 0 Å². The highest BCUT2D eigenvalue weighted by atomic mass is 15.0. The summed E-state index contributed by atoms with van der Waals surface area (Å²) in [5.41, 5.74) is 3.67. The molecule has 2 rings (SSSR count). The van der Waals surface area contributed by atoms with Crippen LogP contribution in [0, 0.1) is 13.8 Å². The second kappa shape index (κ2) is 4.03. The van der Waals surface area contributed by atoms with Gasteiger partial charge < -0.3 is 9.72 Å². The van der Waals surface area contributed by atoms with Crippen LogP contribution in [0.25, 0.3) is 5.52 Å². The van der Waals surface area contributed by atoms with Gasteiger partial charge in [-0.1, -0.05) is 6.07 Å². The monoisotopic (exact) mass is 203 g/mol. The molecule has 0 amide bonds. The van der Waals surface area contributed by atoms with Gasteiger partial charge in [0.15, 0.2) is 0 Å². The van der Waals surface area contributed by atoms with Gasteiger partial charge in [0.1, 0.15) is 5.82 Å². The number of aromatic nitrogens is 2. The van der Waals surface area contributed by atoms with Crippen LogP contribution in [0.3, 0.4) is 0 Å². The van der Waals surface area contributed by atoms with E-state index in [4.69, 9.17) is 0 Å². The van der Waals surface area contributed by atoms with E-state index in [-0.39, 0.29) is 0 Å². The SMILES string of the molecule is CNCCc1nc(C)n2c(C)cccc12. The first kappa shape index (κ1) is 10.2. The van der Waals surface area contributed by atoms with Crippen LogP contribution in [-0.2, 0) is 6.42 Å². The number of pyridine rings is 1. The Kier molecular flexibility index (Phi) is 2.73. The standard InChI is InChI=1S/C12H17N3/c1-9-5-4-6-12-11(7-8-13-3)14-10(2)15(9)12/h4-6,13H,7-8H2,1-3H3. The van der Waals surface area contributed by atoms with Crippen molar-refractivity contribution in [1.29, 1.82) is 0 Å². The van der Waals surface area contributed by atoms with Crippen LogP contribution in [0.15, 0.2) is 18.2 Å². The number of nitrogens with one attached hydrogen (secondary N) is 1. The summed E-state index contributed by atoms with van der Waals surface area (Å²) in [6.45, 7) is 5.15. The first-order valence-electron chi connectivity index (χ1n) is 5.32. The number of hydrogen-bond acceptors (Lipinski definition) is 2. The van der Waals surface area contributed by atoms with Crippen molar-refractivity contribution in [1.82, 2.24) is 14.7 Å². The number of likely N-dealkylation sites (N-methyl/N-ethyl adjacent to an activating group) is 1. The molecule has 0 atom stereocenters. The molecule has 0 unspecified atom stereocenters. The summed E-state index contributed by atoms with van der Waals surface area (Å²) in [4.78, 5) is 4.61. The molecule has 0 spiro atoms. The topological polar surface area (TPSA) is 29.3 Å². The molecule has 15 heavy (non-hydrogen) atoms. The molecule has 0 aromatic carbocycles. The van der Waals surface area contributed by atoms with Crippen LogP contribution in [0.2, 0.25) is 0 Å². The normalized spacial score (nSPS) is 11.1. The van der Waals surface area contributed by atoms with Gasteiger partial charge in [-0.15, -0.1) is 0 Å². The van der Waals surface area contributed by atoms with Crippen molar-refractivity contribution in [3.63, 3.8) is 0 Å². The summed E-state index contributed by atoms with van der Waals surface area (Å²) in [6, 6.07) is 6.34. The second-order valence-corrected chi connectivity index (χ2v) is 3.85. The first-order valence-corrected chi connectivity index (χ1v) is 5.32. The van der Waals surface area contributed by atoms with Crippen LogP contribution >= 0.6 is 0 Å². The molecule has 3 heteroatoms. The Morgan fingerprint density at radius 3 is 2.87 bits per heavy atom. The van der Waals surface area contributed by atoms with E-state index in [1.54, 1.807) is 0 Å². The zero-order valence-corrected chi connectivity index (χ0v) is 9.54. The smallest absolute Gasteiger partial charge is 0.110 e. The number of nitrogens with zero attached hydrogens (tertiary/aromatic N) is 2. The van der Waals surface area contributed by atoms with Gasteiger partial charge in [0.25, 0.3) is 0 Å². The highest BCUT2D eigenvalue weighted by Crippen LogP contribution is 2.15. The van der Waals surface area contributed by atoms with E-state index in [2.05, 4.69) is 46.7 Å². The Labute approximate surface area is 90.1 Å². The Bertz CT molecular complexity index is 471. The number of hydrogen-bond donors (Lipinski definition) is 1. The van der Waals surface area contributed by atoms with Gasteiger partial charge in [-0.2, -0.15) is 0 Å². The van der Waals surface area contributed by atoms with Crippen molar-refractivity contribution in [2.45, 2.75) is 20.3 Å². The van der Waals surface area contributed by atoms with Crippen LogP contribution in [0.1, 0.15) is 17.2 Å². The molecule has 3 nitrogen and oxygen atoms in total. The minimum absolute atomic E-state index is 0.972. The molecule has 0 saturated heterocycles. The van der Waals surface area contributed by atoms with Crippen molar-refractivity contribution < 1.29 is 0 Å². The quantitative estimate of drug-likeness (QED) is 0.823. The highest BCUT2D eigenvalue weighted by molar-refractivity contribution is 5.54. The maximum absolute atomic E-state index is 4.61. The minimum atomic E-state index is 0.972. The summed E-state index contributed by atoms with van der Waals surface area (Å²) >= 11 is 0. The summed E-state index contributed by atoms with van der Waals surface area (Å²) in [5, 5.41) is 3.16. The molecule has 0 aliphatic heterocycles.